The van der Waals surface area contributed by atoms with Gasteiger partial charge in [0, 0.05) is 35.7 Å². The summed E-state index contributed by atoms with van der Waals surface area (Å²) in [6.07, 6.45) is 5.64. The lowest BCUT2D eigenvalue weighted by Gasteiger charge is -2.31. The largest absolute Gasteiger partial charge is 0.460 e. The van der Waals surface area contributed by atoms with Crippen LogP contribution in [0.1, 0.15) is 24.4 Å². The molecule has 1 N–H and O–H groups in total. The Labute approximate surface area is 181 Å². The minimum absolute atomic E-state index is 0.0197. The molecule has 31 heavy (non-hydrogen) atoms. The molecule has 2 aromatic carbocycles. The topological polar surface area (TPSA) is 63.3 Å². The van der Waals surface area contributed by atoms with Crippen molar-refractivity contribution in [2.45, 2.75) is 26.3 Å². The third-order valence-corrected chi connectivity index (χ3v) is 5.97. The number of carbonyl (C=O) groups is 1. The summed E-state index contributed by atoms with van der Waals surface area (Å²) in [5.41, 5.74) is 2.77. The molecule has 1 saturated heterocycles. The number of benzene rings is 2. The summed E-state index contributed by atoms with van der Waals surface area (Å²) >= 11 is 0. The predicted octanol–water partition coefficient (Wildman–Crippen LogP) is 4.78. The molecule has 0 spiro atoms. The maximum atomic E-state index is 12.9. The molecule has 3 heterocycles. The highest BCUT2D eigenvalue weighted by Crippen LogP contribution is 2.24. The Balaban J connectivity index is 1.21. The van der Waals surface area contributed by atoms with Crippen LogP contribution in [0.5, 0.6) is 0 Å². The van der Waals surface area contributed by atoms with E-state index in [0.717, 1.165) is 66.4 Å². The monoisotopic (exact) mass is 414 g/mol. The average molecular weight is 415 g/mol. The number of carbonyl (C=O) groups excluding carboxylic acids is 1. The van der Waals surface area contributed by atoms with E-state index in [4.69, 9.17) is 4.42 Å². The van der Waals surface area contributed by atoms with Crippen LogP contribution in [0.15, 0.2) is 71.4 Å². The molecule has 1 amide bonds. The van der Waals surface area contributed by atoms with E-state index in [0.29, 0.717) is 0 Å². The fourth-order valence-electron chi connectivity index (χ4n) is 4.35. The molecular formula is C25H26N4O2. The van der Waals surface area contributed by atoms with Crippen LogP contribution in [0, 0.1) is 12.8 Å². The Bertz CT molecular complexity index is 1160. The Kier molecular flexibility index (Phi) is 5.30. The summed E-state index contributed by atoms with van der Waals surface area (Å²) in [5, 5.41) is 4.21. The van der Waals surface area contributed by atoms with Crippen LogP contribution in [-0.4, -0.2) is 33.4 Å². The Hall–Kier alpha value is -3.38. The molecule has 0 radical (unpaired) electrons. The first-order valence-corrected chi connectivity index (χ1v) is 10.8. The summed E-state index contributed by atoms with van der Waals surface area (Å²) in [5.74, 6) is 1.95. The minimum Gasteiger partial charge on any atom is -0.460 e. The van der Waals surface area contributed by atoms with Crippen LogP contribution in [0.2, 0.25) is 0 Å². The van der Waals surface area contributed by atoms with Crippen LogP contribution in [0.25, 0.3) is 16.7 Å². The quantitative estimate of drug-likeness (QED) is 0.511. The van der Waals surface area contributed by atoms with E-state index in [1.165, 1.54) is 0 Å². The van der Waals surface area contributed by atoms with Crippen LogP contribution >= 0.6 is 0 Å². The molecule has 5 rings (SSSR count). The zero-order valence-corrected chi connectivity index (χ0v) is 17.6. The molecule has 6 nitrogen and oxygen atoms in total. The van der Waals surface area contributed by atoms with Gasteiger partial charge in [-0.1, -0.05) is 18.2 Å². The van der Waals surface area contributed by atoms with Crippen LogP contribution < -0.4 is 5.32 Å². The molecule has 0 aliphatic carbocycles. The summed E-state index contributed by atoms with van der Waals surface area (Å²) in [4.78, 5) is 19.5. The number of hydrogen-bond donors (Lipinski definition) is 1. The molecule has 0 bridgehead atoms. The number of fused-ring (bicyclic) bond motifs is 1. The number of aryl methyl sites for hydroxylation is 1. The SMILES string of the molecule is Cc1nccn1-c1ccc(NC(=O)[C@@H]2CCCN(Cc3cc4ccccc4o3)C2)cc1. The smallest absolute Gasteiger partial charge is 0.228 e. The van der Waals surface area contributed by atoms with Gasteiger partial charge in [0.25, 0.3) is 0 Å². The van der Waals surface area contributed by atoms with Gasteiger partial charge < -0.3 is 14.3 Å². The summed E-state index contributed by atoms with van der Waals surface area (Å²) in [6, 6.07) is 18.1. The number of rotatable bonds is 5. The van der Waals surface area contributed by atoms with Gasteiger partial charge in [-0.05, 0) is 62.7 Å². The van der Waals surface area contributed by atoms with E-state index in [1.807, 2.05) is 60.2 Å². The number of furan rings is 1. The highest BCUT2D eigenvalue weighted by molar-refractivity contribution is 5.92. The van der Waals surface area contributed by atoms with Crippen molar-refractivity contribution >= 4 is 22.6 Å². The van der Waals surface area contributed by atoms with Gasteiger partial charge in [0.15, 0.2) is 0 Å². The Morgan fingerprint density at radius 2 is 2.03 bits per heavy atom. The number of nitrogens with zero attached hydrogens (tertiary/aromatic N) is 3. The number of likely N-dealkylation sites (tertiary alicyclic amines) is 1. The molecule has 6 heteroatoms. The number of aromatic nitrogens is 2. The normalized spacial score (nSPS) is 17.1. The van der Waals surface area contributed by atoms with Gasteiger partial charge in [-0.3, -0.25) is 9.69 Å². The Morgan fingerprint density at radius 1 is 1.19 bits per heavy atom. The number of anilines is 1. The molecule has 1 aliphatic rings. The molecule has 1 atom stereocenters. The number of piperidine rings is 1. The van der Waals surface area contributed by atoms with E-state index < -0.39 is 0 Å². The van der Waals surface area contributed by atoms with Crippen molar-refractivity contribution in [3.63, 3.8) is 0 Å². The fraction of sp³-hybridized carbons (Fsp3) is 0.280. The fourth-order valence-corrected chi connectivity index (χ4v) is 4.35. The molecule has 0 unspecified atom stereocenters. The highest BCUT2D eigenvalue weighted by atomic mass is 16.3. The second kappa shape index (κ2) is 8.40. The molecule has 1 fully saturated rings. The van der Waals surface area contributed by atoms with Crippen molar-refractivity contribution in [1.29, 1.82) is 0 Å². The zero-order valence-electron chi connectivity index (χ0n) is 17.6. The van der Waals surface area contributed by atoms with Crippen molar-refractivity contribution in [2.24, 2.45) is 5.92 Å². The van der Waals surface area contributed by atoms with E-state index in [-0.39, 0.29) is 11.8 Å². The van der Waals surface area contributed by atoms with Crippen LogP contribution in [-0.2, 0) is 11.3 Å². The average Bonchev–Trinajstić information content (AvgIpc) is 3.40. The summed E-state index contributed by atoms with van der Waals surface area (Å²) in [7, 11) is 0. The molecule has 1 aliphatic heterocycles. The number of para-hydroxylation sites is 1. The first kappa shape index (κ1) is 19.6. The van der Waals surface area contributed by atoms with E-state index in [9.17, 15) is 4.79 Å². The van der Waals surface area contributed by atoms with Crippen LogP contribution in [0.4, 0.5) is 5.69 Å². The van der Waals surface area contributed by atoms with Crippen molar-refractivity contribution in [3.8, 4) is 5.69 Å². The lowest BCUT2D eigenvalue weighted by molar-refractivity contribution is -0.121. The number of hydrogen-bond acceptors (Lipinski definition) is 4. The molecule has 158 valence electrons. The maximum Gasteiger partial charge on any atom is 0.228 e. The minimum atomic E-state index is -0.0197. The maximum absolute atomic E-state index is 12.9. The third-order valence-electron chi connectivity index (χ3n) is 5.97. The lowest BCUT2D eigenvalue weighted by atomic mass is 9.97. The lowest BCUT2D eigenvalue weighted by Crippen LogP contribution is -2.40. The van der Waals surface area contributed by atoms with Gasteiger partial charge in [-0.2, -0.15) is 0 Å². The van der Waals surface area contributed by atoms with Gasteiger partial charge in [0.2, 0.25) is 5.91 Å². The first-order valence-electron chi connectivity index (χ1n) is 10.8. The van der Waals surface area contributed by atoms with Gasteiger partial charge in [0.1, 0.15) is 17.2 Å². The van der Waals surface area contributed by atoms with Gasteiger partial charge >= 0.3 is 0 Å². The predicted molar refractivity (Wildman–Crippen MR) is 121 cm³/mol. The Morgan fingerprint density at radius 3 is 2.81 bits per heavy atom. The first-order chi connectivity index (χ1) is 15.2. The van der Waals surface area contributed by atoms with E-state index in [2.05, 4.69) is 27.3 Å². The van der Waals surface area contributed by atoms with Crippen LogP contribution in [0.3, 0.4) is 0 Å². The second-order valence-electron chi connectivity index (χ2n) is 8.21. The molecular weight excluding hydrogens is 388 g/mol. The van der Waals surface area contributed by atoms with Gasteiger partial charge in [-0.15, -0.1) is 0 Å². The standard InChI is InChI=1S/C25H26N4O2/c1-18-26-12-14-29(18)22-10-8-21(9-11-22)27-25(30)20-6-4-13-28(16-20)17-23-15-19-5-2-3-7-24(19)31-23/h2-3,5,7-12,14-15,20H,4,6,13,16-17H2,1H3,(H,27,30)/t20-/m1/s1. The van der Waals surface area contributed by atoms with Crippen molar-refractivity contribution in [2.75, 3.05) is 18.4 Å². The van der Waals surface area contributed by atoms with Gasteiger partial charge in [0.05, 0.1) is 12.5 Å². The van der Waals surface area contributed by atoms with E-state index in [1.54, 1.807) is 6.20 Å². The third kappa shape index (κ3) is 4.25. The number of amides is 1. The zero-order chi connectivity index (χ0) is 21.2. The van der Waals surface area contributed by atoms with Crippen molar-refractivity contribution in [3.05, 3.63) is 78.6 Å². The van der Waals surface area contributed by atoms with E-state index >= 15 is 0 Å². The summed E-state index contributed by atoms with van der Waals surface area (Å²) in [6.45, 7) is 4.43. The van der Waals surface area contributed by atoms with Crippen molar-refractivity contribution < 1.29 is 9.21 Å². The number of nitrogens with one attached hydrogen (secondary N) is 1. The molecule has 2 aromatic heterocycles. The summed E-state index contributed by atoms with van der Waals surface area (Å²) < 4.78 is 7.98. The van der Waals surface area contributed by atoms with Gasteiger partial charge in [-0.25, -0.2) is 4.98 Å². The number of imidazole rings is 1. The van der Waals surface area contributed by atoms with Crippen molar-refractivity contribution in [1.82, 2.24) is 14.5 Å². The second-order valence-corrected chi connectivity index (χ2v) is 8.21. The molecule has 0 saturated carbocycles. The highest BCUT2D eigenvalue weighted by Gasteiger charge is 2.26. The molecule has 4 aromatic rings.